The summed E-state index contributed by atoms with van der Waals surface area (Å²) >= 11 is 3.59. The Kier molecular flexibility index (Phi) is 8.98. The molecule has 2 nitrogen and oxygen atoms in total. The van der Waals surface area contributed by atoms with Gasteiger partial charge >= 0.3 is 0 Å². The van der Waals surface area contributed by atoms with Gasteiger partial charge in [-0.1, -0.05) is 96.7 Å². The largest absolute Gasteiger partial charge is 0.497 e. The van der Waals surface area contributed by atoms with Crippen molar-refractivity contribution in [3.8, 4) is 21.9 Å². The van der Waals surface area contributed by atoms with Crippen LogP contribution in [-0.4, -0.2) is 14.2 Å². The lowest BCUT2D eigenvalue weighted by Gasteiger charge is -2.16. The zero-order valence-corrected chi connectivity index (χ0v) is 25.7. The second kappa shape index (κ2) is 13.6. The zero-order chi connectivity index (χ0) is 29.4. The number of thioether (sulfide) groups is 1. The Bertz CT molecular complexity index is 1820. The standard InChI is InChI=1S/C39H31O2S2/c1-40-32-23-19-30(20-24-32)36-15-9-17-38(42-36)34(28-11-5-3-6-12-28)27-35(29-13-7-4-8-14-29)39-18-10-16-37(43-39)31-21-25-33(41-2)26-22-31/h3-27H,1-2H3/q+1. The summed E-state index contributed by atoms with van der Waals surface area (Å²) in [6.45, 7) is 0. The van der Waals surface area contributed by atoms with E-state index < -0.39 is 0 Å². The number of methoxy groups -OCH3 is 2. The highest BCUT2D eigenvalue weighted by Gasteiger charge is 2.21. The van der Waals surface area contributed by atoms with E-state index in [9.17, 15) is 0 Å². The van der Waals surface area contributed by atoms with E-state index in [1.807, 2.05) is 24.3 Å². The SMILES string of the molecule is COc1ccc(C2=CC=C/C(=C(\C=C(/c3ccccc3)c3cccc(-c4ccc(OC)cc4)[s+]3)c3ccccc3)S2)cc1. The van der Waals surface area contributed by atoms with Crippen molar-refractivity contribution in [2.45, 2.75) is 0 Å². The molecule has 0 aliphatic carbocycles. The number of hydrogen-bond donors (Lipinski definition) is 0. The van der Waals surface area contributed by atoms with Gasteiger partial charge in [-0.3, -0.25) is 0 Å². The fraction of sp³-hybridized carbons (Fsp3) is 0.0513. The Morgan fingerprint density at radius 3 is 1.86 bits per heavy atom. The quantitative estimate of drug-likeness (QED) is 0.166. The molecule has 0 saturated carbocycles. The minimum absolute atomic E-state index is 0.856. The molecule has 0 atom stereocenters. The summed E-state index contributed by atoms with van der Waals surface area (Å²) in [5, 5.41) is 0. The maximum Gasteiger partial charge on any atom is 0.239 e. The minimum atomic E-state index is 0.856. The van der Waals surface area contributed by atoms with Gasteiger partial charge in [0.15, 0.2) is 0 Å². The third-order valence-corrected chi connectivity index (χ3v) is 9.50. The first kappa shape index (κ1) is 28.5. The molecule has 0 amide bonds. The Labute approximate surface area is 262 Å². The van der Waals surface area contributed by atoms with Gasteiger partial charge in [-0.15, -0.1) is 0 Å². The van der Waals surface area contributed by atoms with Crippen molar-refractivity contribution >= 4 is 39.2 Å². The average molecular weight is 596 g/mol. The lowest BCUT2D eigenvalue weighted by molar-refractivity contribution is 0.414. The van der Waals surface area contributed by atoms with E-state index in [2.05, 4.69) is 127 Å². The molecule has 0 radical (unpaired) electrons. The molecule has 210 valence electrons. The summed E-state index contributed by atoms with van der Waals surface area (Å²) in [4.78, 5) is 4.80. The molecular formula is C39H31O2S2+. The predicted molar refractivity (Wildman–Crippen MR) is 185 cm³/mol. The van der Waals surface area contributed by atoms with Gasteiger partial charge in [0, 0.05) is 33.1 Å². The summed E-state index contributed by atoms with van der Waals surface area (Å²) in [6, 6.07) is 44.4. The number of rotatable bonds is 8. The van der Waals surface area contributed by atoms with Crippen molar-refractivity contribution in [3.05, 3.63) is 178 Å². The highest BCUT2D eigenvalue weighted by atomic mass is 32.2. The third-order valence-electron chi connectivity index (χ3n) is 7.17. The summed E-state index contributed by atoms with van der Waals surface area (Å²) < 4.78 is 10.8. The van der Waals surface area contributed by atoms with Crippen LogP contribution < -0.4 is 9.47 Å². The molecule has 6 rings (SSSR count). The van der Waals surface area contributed by atoms with Crippen molar-refractivity contribution in [2.24, 2.45) is 0 Å². The summed E-state index contributed by atoms with van der Waals surface area (Å²) in [7, 11) is 3.40. The second-order valence-corrected chi connectivity index (χ2v) is 12.0. The maximum absolute atomic E-state index is 5.39. The molecule has 0 saturated heterocycles. The van der Waals surface area contributed by atoms with Gasteiger partial charge in [-0.25, -0.2) is 0 Å². The first-order valence-electron chi connectivity index (χ1n) is 14.1. The topological polar surface area (TPSA) is 18.5 Å². The van der Waals surface area contributed by atoms with E-state index in [1.165, 1.54) is 53.0 Å². The molecule has 1 aliphatic rings. The molecule has 0 N–H and O–H groups in total. The van der Waals surface area contributed by atoms with Gasteiger partial charge in [0.2, 0.25) is 21.1 Å². The summed E-state index contributed by atoms with van der Waals surface area (Å²) in [5.41, 5.74) is 7.05. The van der Waals surface area contributed by atoms with Gasteiger partial charge in [0.25, 0.3) is 0 Å². The van der Waals surface area contributed by atoms with E-state index in [0.29, 0.717) is 0 Å². The maximum atomic E-state index is 5.39. The van der Waals surface area contributed by atoms with E-state index in [4.69, 9.17) is 9.47 Å². The van der Waals surface area contributed by atoms with Crippen LogP contribution in [0.3, 0.4) is 0 Å². The summed E-state index contributed by atoms with van der Waals surface area (Å²) in [6.07, 6.45) is 8.91. The lowest BCUT2D eigenvalue weighted by atomic mass is 9.97. The Hall–Kier alpha value is -4.64. The first-order chi connectivity index (χ1) is 21.2. The molecular weight excluding hydrogens is 565 g/mol. The Morgan fingerprint density at radius 2 is 1.23 bits per heavy atom. The number of hydrogen-bond acceptors (Lipinski definition) is 3. The molecule has 4 heteroatoms. The van der Waals surface area contributed by atoms with Crippen LogP contribution in [0.4, 0.5) is 0 Å². The number of benzene rings is 4. The van der Waals surface area contributed by atoms with Crippen molar-refractivity contribution in [1.82, 2.24) is 0 Å². The second-order valence-electron chi connectivity index (χ2n) is 9.87. The Balaban J connectivity index is 1.48. The molecule has 1 aliphatic heterocycles. The minimum Gasteiger partial charge on any atom is -0.497 e. The molecule has 2 heterocycles. The van der Waals surface area contributed by atoms with E-state index >= 15 is 0 Å². The van der Waals surface area contributed by atoms with Crippen LogP contribution in [0.15, 0.2) is 157 Å². The monoisotopic (exact) mass is 595 g/mol. The fourth-order valence-electron chi connectivity index (χ4n) is 4.90. The molecule has 43 heavy (non-hydrogen) atoms. The van der Waals surface area contributed by atoms with E-state index in [1.54, 1.807) is 37.3 Å². The van der Waals surface area contributed by atoms with Crippen LogP contribution in [0.25, 0.3) is 26.5 Å². The molecule has 0 unspecified atom stereocenters. The molecule has 0 fully saturated rings. The lowest BCUT2D eigenvalue weighted by Crippen LogP contribution is -1.93. The van der Waals surface area contributed by atoms with Crippen molar-refractivity contribution in [2.75, 3.05) is 14.2 Å². The van der Waals surface area contributed by atoms with Gasteiger partial charge in [-0.2, -0.15) is 0 Å². The number of allylic oxidation sites excluding steroid dienone is 5. The predicted octanol–water partition coefficient (Wildman–Crippen LogP) is 10.9. The van der Waals surface area contributed by atoms with Crippen LogP contribution in [0.2, 0.25) is 0 Å². The van der Waals surface area contributed by atoms with Gasteiger partial charge in [0.1, 0.15) is 11.5 Å². The fourth-order valence-corrected chi connectivity index (χ4v) is 7.04. The van der Waals surface area contributed by atoms with Gasteiger partial charge < -0.3 is 9.47 Å². The summed E-state index contributed by atoms with van der Waals surface area (Å²) in [5.74, 6) is 1.71. The van der Waals surface area contributed by atoms with E-state index in [0.717, 1.165) is 11.5 Å². The van der Waals surface area contributed by atoms with Crippen LogP contribution in [0, 0.1) is 0 Å². The van der Waals surface area contributed by atoms with Crippen LogP contribution in [0.1, 0.15) is 21.6 Å². The van der Waals surface area contributed by atoms with Gasteiger partial charge in [0.05, 0.1) is 14.2 Å². The van der Waals surface area contributed by atoms with E-state index in [-0.39, 0.29) is 0 Å². The normalized spacial score (nSPS) is 14.2. The molecule has 0 bridgehead atoms. The third kappa shape index (κ3) is 6.72. The average Bonchev–Trinajstić information content (AvgIpc) is 3.10. The van der Waals surface area contributed by atoms with Gasteiger partial charge in [-0.05, 0) is 76.9 Å². The van der Waals surface area contributed by atoms with Crippen LogP contribution in [0.5, 0.6) is 11.5 Å². The smallest absolute Gasteiger partial charge is 0.239 e. The first-order valence-corrected chi connectivity index (χ1v) is 15.7. The molecule has 1 aromatic heterocycles. The molecule has 5 aromatic rings. The van der Waals surface area contributed by atoms with Crippen molar-refractivity contribution in [3.63, 3.8) is 0 Å². The van der Waals surface area contributed by atoms with Crippen molar-refractivity contribution in [1.29, 1.82) is 0 Å². The van der Waals surface area contributed by atoms with Crippen molar-refractivity contribution < 1.29 is 9.47 Å². The zero-order valence-electron chi connectivity index (χ0n) is 24.1. The highest BCUT2D eigenvalue weighted by Crippen LogP contribution is 2.43. The molecule has 0 spiro atoms. The molecule has 4 aromatic carbocycles. The van der Waals surface area contributed by atoms with Crippen LogP contribution >= 0.6 is 23.1 Å². The van der Waals surface area contributed by atoms with Crippen LogP contribution in [-0.2, 0) is 0 Å². The number of ether oxygens (including phenoxy) is 2. The highest BCUT2D eigenvalue weighted by molar-refractivity contribution is 8.12. The Morgan fingerprint density at radius 1 is 0.628 bits per heavy atom.